The van der Waals surface area contributed by atoms with E-state index in [0.717, 1.165) is 13.8 Å². The second kappa shape index (κ2) is 16.1. The first kappa shape index (κ1) is 22.5. The molecule has 0 fully saturated rings. The van der Waals surface area contributed by atoms with E-state index in [4.69, 9.17) is 19.8 Å². The summed E-state index contributed by atoms with van der Waals surface area (Å²) in [5, 5.41) is 17.8. The zero-order valence-electron chi connectivity index (χ0n) is 6.08. The summed E-state index contributed by atoms with van der Waals surface area (Å²) in [4.78, 5) is 17.8. The van der Waals surface area contributed by atoms with Gasteiger partial charge in [0.2, 0.25) is 0 Å². The number of carbonyl (C=O) groups is 2. The van der Waals surface area contributed by atoms with E-state index in [9.17, 15) is 0 Å². The van der Waals surface area contributed by atoms with Gasteiger partial charge in [0.25, 0.3) is 0 Å². The van der Waals surface area contributed by atoms with Crippen molar-refractivity contribution < 1.29 is 61.8 Å². The first-order chi connectivity index (χ1) is 3.46. The van der Waals surface area contributed by atoms with Crippen molar-refractivity contribution in [1.82, 2.24) is 0 Å². The number of rotatable bonds is 0. The third kappa shape index (κ3) is 8130. The molecule has 0 aliphatic heterocycles. The van der Waals surface area contributed by atoms with E-state index in [1.807, 2.05) is 0 Å². The average molecular weight is 179 g/mol. The Labute approximate surface area is 87.3 Å². The number of aliphatic carboxylic acids is 2. The Kier molecular flexibility index (Phi) is 36.2. The third-order valence-electron chi connectivity index (χ3n) is 0. The summed E-state index contributed by atoms with van der Waals surface area (Å²) < 4.78 is 0. The van der Waals surface area contributed by atoms with Crippen LogP contribution in [0.5, 0.6) is 0 Å². The second-order valence-electron chi connectivity index (χ2n) is 0.983. The smallest absolute Gasteiger partial charge is 0.550 e. The summed E-state index contributed by atoms with van der Waals surface area (Å²) in [7, 11) is 0. The maximum atomic E-state index is 8.89. The largest absolute Gasteiger partial charge is 1.00 e. The van der Waals surface area contributed by atoms with E-state index in [1.54, 1.807) is 0 Å². The van der Waals surface area contributed by atoms with E-state index in [-0.39, 0.29) is 42.0 Å². The minimum absolute atomic E-state index is 0. The molecule has 0 aromatic heterocycles. The predicted molar refractivity (Wildman–Crippen MR) is 24.2 cm³/mol. The quantitative estimate of drug-likeness (QED) is 0.346. The molecule has 0 atom stereocenters. The van der Waals surface area contributed by atoms with Crippen LogP contribution in [0.1, 0.15) is 13.8 Å². The van der Waals surface area contributed by atoms with Gasteiger partial charge < -0.3 is 19.8 Å². The Morgan fingerprint density at radius 1 is 1.00 bits per heavy atom. The van der Waals surface area contributed by atoms with Crippen LogP contribution >= 0.6 is 0 Å². The number of carbonyl (C=O) groups excluding carboxylic acids is 2. The van der Waals surface area contributed by atoms with Crippen LogP contribution in [0.25, 0.3) is 0 Å². The van der Waals surface area contributed by atoms with Gasteiger partial charge in [-0.05, 0) is 13.8 Å². The molecule has 0 aromatic rings. The zero-order chi connectivity index (χ0) is 7.15. The summed E-state index contributed by atoms with van der Waals surface area (Å²) in [6.07, 6.45) is 0. The number of hydrogen-bond donors (Lipinski definition) is 0. The van der Waals surface area contributed by atoms with Gasteiger partial charge in [0.15, 0.2) is 0 Å². The maximum absolute atomic E-state index is 8.89. The minimum atomic E-state index is -1.08. The molecule has 0 rings (SSSR count). The van der Waals surface area contributed by atoms with Gasteiger partial charge in [0.1, 0.15) is 0 Å². The first-order valence-electron chi connectivity index (χ1n) is 1.82. The van der Waals surface area contributed by atoms with Crippen LogP contribution in [0.2, 0.25) is 0 Å². The fourth-order valence-electron chi connectivity index (χ4n) is 0. The Hall–Kier alpha value is 0.230. The van der Waals surface area contributed by atoms with Crippen LogP contribution in [-0.2, 0) is 9.59 Å². The van der Waals surface area contributed by atoms with Crippen molar-refractivity contribution in [2.45, 2.75) is 13.8 Å². The summed E-state index contributed by atoms with van der Waals surface area (Å²) in [5.74, 6) is -2.17. The van der Waals surface area contributed by atoms with E-state index in [1.165, 1.54) is 0 Å². The van der Waals surface area contributed by atoms with Crippen molar-refractivity contribution in [3.05, 3.63) is 0 Å². The number of hydrogen-bond acceptors (Lipinski definition) is 4. The molecule has 10 heavy (non-hydrogen) atoms. The van der Waals surface area contributed by atoms with Gasteiger partial charge in [-0.2, -0.15) is 0 Å². The molecule has 0 bridgehead atoms. The van der Waals surface area contributed by atoms with Crippen LogP contribution in [0.15, 0.2) is 0 Å². The number of carboxylic acid groups (broad SMARTS) is 2. The van der Waals surface area contributed by atoms with Crippen molar-refractivity contribution in [1.29, 1.82) is 0 Å². The maximum Gasteiger partial charge on any atom is 1.00 e. The van der Waals surface area contributed by atoms with E-state index in [0.29, 0.717) is 0 Å². The van der Waals surface area contributed by atoms with E-state index < -0.39 is 11.9 Å². The molecular weight excluding hydrogens is 170 g/mol. The van der Waals surface area contributed by atoms with Crippen molar-refractivity contribution in [3.63, 3.8) is 0 Å². The van der Waals surface area contributed by atoms with Crippen LogP contribution < -0.4 is 39.8 Å². The fraction of sp³-hybridized carbons (Fsp3) is 0.500. The van der Waals surface area contributed by atoms with Gasteiger partial charge in [-0.25, -0.2) is 0 Å². The Bertz CT molecular complexity index is 75.3. The summed E-state index contributed by atoms with van der Waals surface area (Å²) in [5.41, 5.74) is 0. The summed E-state index contributed by atoms with van der Waals surface area (Å²) in [6, 6.07) is 0. The molecule has 0 saturated heterocycles. The Balaban J connectivity index is -0.0000000300. The normalized spacial score (nSPS) is 5.00. The van der Waals surface area contributed by atoms with Gasteiger partial charge in [-0.15, -0.1) is 0 Å². The van der Waals surface area contributed by atoms with E-state index >= 15 is 0 Å². The van der Waals surface area contributed by atoms with Crippen LogP contribution in [0.3, 0.4) is 0 Å². The molecule has 0 unspecified atom stereocenters. The molecule has 0 spiro atoms. The Morgan fingerprint density at radius 2 is 1.00 bits per heavy atom. The van der Waals surface area contributed by atoms with Crippen molar-refractivity contribution in [2.75, 3.05) is 0 Å². The van der Waals surface area contributed by atoms with Crippen molar-refractivity contribution >= 4 is 11.9 Å². The monoisotopic (exact) mass is 178 g/mol. The van der Waals surface area contributed by atoms with Crippen LogP contribution in [-0.4, -0.2) is 11.9 Å². The van der Waals surface area contributed by atoms with Gasteiger partial charge >= 0.3 is 29.6 Å². The molecule has 0 saturated carbocycles. The topological polar surface area (TPSA) is 80.3 Å². The van der Waals surface area contributed by atoms with Gasteiger partial charge in [0, 0.05) is 11.9 Å². The molecule has 0 aliphatic rings. The average Bonchev–Trinajstić information content (AvgIpc) is 1.25. The molecule has 0 aromatic carbocycles. The van der Waals surface area contributed by atoms with E-state index in [2.05, 4.69) is 0 Å². The summed E-state index contributed by atoms with van der Waals surface area (Å²) >= 11 is 0. The van der Waals surface area contributed by atoms with Gasteiger partial charge in [0.05, 0.1) is 12.4 Å². The molecule has 0 N–H and O–H groups in total. The molecule has 56 valence electrons. The number of carboxylic acids is 2. The molecule has 6 heteroatoms. The minimum Gasteiger partial charge on any atom is -0.550 e. The van der Waals surface area contributed by atoms with Crippen LogP contribution in [0, 0.1) is 12.4 Å². The molecule has 4 nitrogen and oxygen atoms in total. The van der Waals surface area contributed by atoms with Gasteiger partial charge in [-0.3, -0.25) is 0 Å². The zero-order valence-corrected chi connectivity index (χ0v) is 8.97. The van der Waals surface area contributed by atoms with Gasteiger partial charge in [-0.1, -0.05) is 0 Å². The predicted octanol–water partition coefficient (Wildman–Crippen LogP) is -6.02. The molecule has 0 heterocycles. The Morgan fingerprint density at radius 3 is 1.00 bits per heavy atom. The summed E-state index contributed by atoms with van der Waals surface area (Å²) in [6.45, 7) is 1.94. The molecule has 0 amide bonds. The fourth-order valence-corrected chi connectivity index (χ4v) is 0. The van der Waals surface area contributed by atoms with Crippen molar-refractivity contribution in [2.24, 2.45) is 0 Å². The van der Waals surface area contributed by atoms with Crippen molar-refractivity contribution in [3.8, 4) is 0 Å². The third-order valence-corrected chi connectivity index (χ3v) is 0. The molecule has 0 radical (unpaired) electrons. The second-order valence-corrected chi connectivity index (χ2v) is 0.983. The molecule has 0 aliphatic carbocycles. The SMILES string of the molecule is CC(=O)[O-].CC(=O)[O-].[ClH2+].[Na+]. The standard InChI is InChI=1S/2C2H4O2.ClH2.Na/c2*1-2(3)4;;/h2*1H3,(H,3,4);1H2;/q;;2*+1/p-2. The molecular formula is C4H8ClNaO4. The first-order valence-corrected chi connectivity index (χ1v) is 1.82. The van der Waals surface area contributed by atoms with Crippen LogP contribution in [0.4, 0.5) is 0 Å². The number of halogens is 1.